The number of hydrogen-bond donors (Lipinski definition) is 0. The summed E-state index contributed by atoms with van der Waals surface area (Å²) in [6.07, 6.45) is 6.40. The topological polar surface area (TPSA) is 26.3 Å². The second-order valence-electron chi connectivity index (χ2n) is 4.42. The Labute approximate surface area is 87.2 Å². The summed E-state index contributed by atoms with van der Waals surface area (Å²) in [5, 5.41) is 0. The van der Waals surface area contributed by atoms with E-state index in [-0.39, 0.29) is 11.4 Å². The Hall–Kier alpha value is -0.0500. The van der Waals surface area contributed by atoms with Crippen molar-refractivity contribution in [3.05, 3.63) is 0 Å². The smallest absolute Gasteiger partial charge is 0.311 e. The molecular weight excluding hydrogens is 232 g/mol. The van der Waals surface area contributed by atoms with Gasteiger partial charge in [-0.2, -0.15) is 0 Å². The number of halogens is 1. The molecule has 0 spiro atoms. The molecule has 0 aromatic carbocycles. The van der Waals surface area contributed by atoms with Gasteiger partial charge in [0.25, 0.3) is 0 Å². The molecule has 3 rings (SSSR count). The molecule has 0 radical (unpaired) electrons. The van der Waals surface area contributed by atoms with E-state index in [0.717, 1.165) is 38.5 Å². The minimum Gasteiger partial charge on any atom is -0.469 e. The summed E-state index contributed by atoms with van der Waals surface area (Å²) in [4.78, 5) is 11.6. The van der Waals surface area contributed by atoms with Crippen LogP contribution in [0.1, 0.15) is 38.5 Å². The van der Waals surface area contributed by atoms with Crippen LogP contribution in [0.4, 0.5) is 0 Å². The molecule has 3 aliphatic carbocycles. The van der Waals surface area contributed by atoms with Crippen LogP contribution < -0.4 is 0 Å². The van der Waals surface area contributed by atoms with Gasteiger partial charge in [0.1, 0.15) is 0 Å². The van der Waals surface area contributed by atoms with Crippen molar-refractivity contribution in [2.24, 2.45) is 5.41 Å². The largest absolute Gasteiger partial charge is 0.469 e. The molecule has 0 N–H and O–H groups in total. The maximum Gasteiger partial charge on any atom is 0.311 e. The predicted octanol–water partition coefficient (Wildman–Crippen LogP) is 2.65. The van der Waals surface area contributed by atoms with Crippen LogP contribution in [0.15, 0.2) is 0 Å². The first-order valence-corrected chi connectivity index (χ1v) is 5.67. The lowest BCUT2D eigenvalue weighted by Gasteiger charge is -2.48. The molecule has 0 aromatic rings. The van der Waals surface area contributed by atoms with E-state index < -0.39 is 0 Å². The van der Waals surface area contributed by atoms with Crippen LogP contribution >= 0.6 is 15.9 Å². The molecule has 13 heavy (non-hydrogen) atoms. The first kappa shape index (κ1) is 9.50. The van der Waals surface area contributed by atoms with Gasteiger partial charge in [0.2, 0.25) is 0 Å². The highest BCUT2D eigenvalue weighted by atomic mass is 79.9. The van der Waals surface area contributed by atoms with Gasteiger partial charge in [-0.25, -0.2) is 0 Å². The SMILES string of the molecule is COC(=O)C12CCC(Br)(CC1)CC2. The van der Waals surface area contributed by atoms with E-state index >= 15 is 0 Å². The summed E-state index contributed by atoms with van der Waals surface area (Å²) < 4.78 is 5.24. The summed E-state index contributed by atoms with van der Waals surface area (Å²) in [5.74, 6) is 0.0155. The molecule has 0 aromatic heterocycles. The minimum absolute atomic E-state index is 0.0155. The molecule has 0 unspecified atom stereocenters. The van der Waals surface area contributed by atoms with E-state index in [1.54, 1.807) is 0 Å². The van der Waals surface area contributed by atoms with Crippen LogP contribution in [0.3, 0.4) is 0 Å². The molecular formula is C10H15BrO2. The Morgan fingerprint density at radius 2 is 1.62 bits per heavy atom. The number of rotatable bonds is 1. The Kier molecular flexibility index (Phi) is 2.17. The third kappa shape index (κ3) is 1.41. The van der Waals surface area contributed by atoms with Gasteiger partial charge in [-0.05, 0) is 38.5 Å². The molecule has 0 amide bonds. The molecule has 3 heteroatoms. The number of ether oxygens (including phenoxy) is 1. The molecule has 3 aliphatic rings. The van der Waals surface area contributed by atoms with Crippen molar-refractivity contribution >= 4 is 21.9 Å². The zero-order valence-electron chi connectivity index (χ0n) is 7.94. The van der Waals surface area contributed by atoms with E-state index in [1.165, 1.54) is 7.11 Å². The van der Waals surface area contributed by atoms with Gasteiger partial charge in [-0.15, -0.1) is 0 Å². The Bertz CT molecular complexity index is 213. The van der Waals surface area contributed by atoms with E-state index in [2.05, 4.69) is 15.9 Å². The molecule has 3 saturated carbocycles. The lowest BCUT2D eigenvalue weighted by Crippen LogP contribution is -2.46. The number of fused-ring (bicyclic) bond motifs is 3. The van der Waals surface area contributed by atoms with Crippen LogP contribution in [-0.4, -0.2) is 17.4 Å². The summed E-state index contributed by atoms with van der Waals surface area (Å²) in [5.41, 5.74) is -0.121. The van der Waals surface area contributed by atoms with Gasteiger partial charge in [0.15, 0.2) is 0 Å². The van der Waals surface area contributed by atoms with Crippen molar-refractivity contribution in [3.8, 4) is 0 Å². The molecule has 0 atom stereocenters. The average Bonchev–Trinajstić information content (AvgIpc) is 2.18. The van der Waals surface area contributed by atoms with Gasteiger partial charge < -0.3 is 4.74 Å². The van der Waals surface area contributed by atoms with E-state index in [4.69, 9.17) is 4.74 Å². The highest BCUT2D eigenvalue weighted by molar-refractivity contribution is 9.10. The zero-order valence-corrected chi connectivity index (χ0v) is 9.52. The molecule has 0 aliphatic heterocycles. The van der Waals surface area contributed by atoms with Gasteiger partial charge >= 0.3 is 5.97 Å². The first-order valence-electron chi connectivity index (χ1n) is 4.88. The molecule has 0 heterocycles. The maximum atomic E-state index is 11.6. The molecule has 3 fully saturated rings. The minimum atomic E-state index is -0.121. The monoisotopic (exact) mass is 246 g/mol. The lowest BCUT2D eigenvalue weighted by atomic mass is 9.60. The predicted molar refractivity (Wildman–Crippen MR) is 53.8 cm³/mol. The molecule has 2 nitrogen and oxygen atoms in total. The van der Waals surface area contributed by atoms with Crippen LogP contribution in [0.25, 0.3) is 0 Å². The Balaban J connectivity index is 2.15. The van der Waals surface area contributed by atoms with Crippen molar-refractivity contribution in [3.63, 3.8) is 0 Å². The van der Waals surface area contributed by atoms with Gasteiger partial charge in [0.05, 0.1) is 12.5 Å². The number of hydrogen-bond acceptors (Lipinski definition) is 2. The second kappa shape index (κ2) is 2.97. The van der Waals surface area contributed by atoms with Gasteiger partial charge in [0, 0.05) is 4.32 Å². The van der Waals surface area contributed by atoms with Crippen LogP contribution in [0.2, 0.25) is 0 Å². The van der Waals surface area contributed by atoms with Crippen molar-refractivity contribution in [2.75, 3.05) is 7.11 Å². The van der Waals surface area contributed by atoms with E-state index in [0.29, 0.717) is 4.32 Å². The fourth-order valence-corrected chi connectivity index (χ4v) is 3.26. The molecule has 0 saturated heterocycles. The van der Waals surface area contributed by atoms with Gasteiger partial charge in [-0.1, -0.05) is 15.9 Å². The fourth-order valence-electron chi connectivity index (χ4n) is 2.66. The van der Waals surface area contributed by atoms with Gasteiger partial charge in [-0.3, -0.25) is 4.79 Å². The van der Waals surface area contributed by atoms with E-state index in [9.17, 15) is 4.79 Å². The van der Waals surface area contributed by atoms with E-state index in [1.807, 2.05) is 0 Å². The third-order valence-corrected chi connectivity index (χ3v) is 4.96. The molecule has 74 valence electrons. The standard InChI is InChI=1S/C10H15BrO2/c1-13-8(12)9-2-5-10(11,6-3-9)7-4-9/h2-7H2,1H3. The highest BCUT2D eigenvalue weighted by Crippen LogP contribution is 2.56. The average molecular weight is 247 g/mol. The molecule has 2 bridgehead atoms. The lowest BCUT2D eigenvalue weighted by molar-refractivity contribution is -0.158. The number of carbonyl (C=O) groups is 1. The number of esters is 1. The van der Waals surface area contributed by atoms with Crippen LogP contribution in [0, 0.1) is 5.41 Å². The summed E-state index contributed by atoms with van der Waals surface area (Å²) >= 11 is 3.78. The maximum absolute atomic E-state index is 11.6. The number of methoxy groups -OCH3 is 1. The normalized spacial score (nSPS) is 43.2. The Morgan fingerprint density at radius 3 is 2.00 bits per heavy atom. The zero-order chi connectivity index (χ0) is 9.53. The van der Waals surface area contributed by atoms with Crippen molar-refractivity contribution in [2.45, 2.75) is 42.8 Å². The summed E-state index contributed by atoms with van der Waals surface area (Å²) in [6, 6.07) is 0. The summed E-state index contributed by atoms with van der Waals surface area (Å²) in [7, 11) is 1.50. The van der Waals surface area contributed by atoms with Crippen LogP contribution in [0.5, 0.6) is 0 Å². The van der Waals surface area contributed by atoms with Crippen molar-refractivity contribution < 1.29 is 9.53 Å². The fraction of sp³-hybridized carbons (Fsp3) is 0.900. The van der Waals surface area contributed by atoms with Crippen molar-refractivity contribution in [1.82, 2.24) is 0 Å². The number of carbonyl (C=O) groups excluding carboxylic acids is 1. The van der Waals surface area contributed by atoms with Crippen LogP contribution in [-0.2, 0) is 9.53 Å². The second-order valence-corrected chi connectivity index (χ2v) is 6.11. The first-order chi connectivity index (χ1) is 6.10. The quantitative estimate of drug-likeness (QED) is 0.526. The Morgan fingerprint density at radius 1 is 1.15 bits per heavy atom. The highest BCUT2D eigenvalue weighted by Gasteiger charge is 2.51. The van der Waals surface area contributed by atoms with Crippen molar-refractivity contribution in [1.29, 1.82) is 0 Å². The summed E-state index contributed by atoms with van der Waals surface area (Å²) in [6.45, 7) is 0. The number of alkyl halides is 1. The third-order valence-electron chi connectivity index (χ3n) is 3.77.